The molecule has 1 aromatic rings. The Hall–Kier alpha value is -1.42. The van der Waals surface area contributed by atoms with Gasteiger partial charge in [0.1, 0.15) is 5.82 Å². The summed E-state index contributed by atoms with van der Waals surface area (Å²) in [6.45, 7) is 7.08. The largest absolute Gasteiger partial charge is 0.383 e. The van der Waals surface area contributed by atoms with Gasteiger partial charge in [-0.3, -0.25) is 4.79 Å². The smallest absolute Gasteiger partial charge is 0.163 e. The molecule has 17 heavy (non-hydrogen) atoms. The first kappa shape index (κ1) is 13.6. The summed E-state index contributed by atoms with van der Waals surface area (Å²) in [7, 11) is 1.68. The zero-order valence-corrected chi connectivity index (χ0v) is 10.9. The molecule has 0 saturated heterocycles. The van der Waals surface area contributed by atoms with Gasteiger partial charge in [-0.2, -0.15) is 0 Å². The molecule has 0 bridgehead atoms. The Bertz CT molecular complexity index is 379. The van der Waals surface area contributed by atoms with Crippen molar-refractivity contribution in [3.63, 3.8) is 0 Å². The number of likely N-dealkylation sites (N-methyl/N-ethyl adjacent to an activating group) is 1. The van der Waals surface area contributed by atoms with E-state index in [2.05, 4.69) is 16.8 Å². The zero-order chi connectivity index (χ0) is 12.8. The summed E-state index contributed by atoms with van der Waals surface area (Å²) in [6.07, 6.45) is 1.71. The Balaban J connectivity index is 3.06. The molecule has 4 nitrogen and oxygen atoms in total. The molecule has 0 fully saturated rings. The van der Waals surface area contributed by atoms with E-state index in [9.17, 15) is 4.79 Å². The van der Waals surface area contributed by atoms with Crippen LogP contribution in [0.1, 0.15) is 31.1 Å². The maximum absolute atomic E-state index is 11.6. The lowest BCUT2D eigenvalue weighted by molar-refractivity contribution is 0.101. The molecule has 4 heteroatoms. The Labute approximate surface area is 103 Å². The van der Waals surface area contributed by atoms with Crippen LogP contribution in [0.4, 0.5) is 5.82 Å². The van der Waals surface area contributed by atoms with E-state index in [1.807, 2.05) is 13.0 Å². The average molecular weight is 236 g/mol. The highest BCUT2D eigenvalue weighted by molar-refractivity contribution is 5.98. The van der Waals surface area contributed by atoms with Crippen LogP contribution in [0.25, 0.3) is 0 Å². The van der Waals surface area contributed by atoms with Crippen molar-refractivity contribution in [3.8, 4) is 0 Å². The number of hydrogen-bond acceptors (Lipinski definition) is 4. The third-order valence-corrected chi connectivity index (χ3v) is 2.72. The second-order valence-corrected chi connectivity index (χ2v) is 4.02. The number of carbonyl (C=O) groups is 1. The van der Waals surface area contributed by atoms with E-state index in [0.717, 1.165) is 12.4 Å². The first-order chi connectivity index (χ1) is 8.11. The predicted molar refractivity (Wildman–Crippen MR) is 68.6 cm³/mol. The minimum absolute atomic E-state index is 0.0381. The second kappa shape index (κ2) is 6.35. The number of ether oxygens (including phenoxy) is 1. The lowest BCUT2D eigenvalue weighted by Crippen LogP contribution is -2.37. The van der Waals surface area contributed by atoms with Crippen LogP contribution in [0.2, 0.25) is 0 Å². The number of anilines is 1. The first-order valence-corrected chi connectivity index (χ1v) is 5.83. The number of ketones is 1. The lowest BCUT2D eigenvalue weighted by Gasteiger charge is -2.29. The summed E-state index contributed by atoms with van der Waals surface area (Å²) in [6, 6.07) is 3.79. The molecule has 94 valence electrons. The van der Waals surface area contributed by atoms with E-state index in [1.165, 1.54) is 0 Å². The molecule has 0 aromatic carbocycles. The topological polar surface area (TPSA) is 42.4 Å². The van der Waals surface area contributed by atoms with Gasteiger partial charge in [-0.05, 0) is 32.9 Å². The lowest BCUT2D eigenvalue weighted by atomic mass is 10.1. The monoisotopic (exact) mass is 236 g/mol. The van der Waals surface area contributed by atoms with E-state index in [0.29, 0.717) is 12.2 Å². The van der Waals surface area contributed by atoms with Gasteiger partial charge >= 0.3 is 0 Å². The van der Waals surface area contributed by atoms with E-state index >= 15 is 0 Å². The van der Waals surface area contributed by atoms with E-state index < -0.39 is 0 Å². The van der Waals surface area contributed by atoms with Gasteiger partial charge in [0.2, 0.25) is 0 Å². The minimum atomic E-state index is 0.0381. The van der Waals surface area contributed by atoms with Gasteiger partial charge in [0.05, 0.1) is 18.2 Å². The number of Topliss-reactive ketones (excluding diaryl/α,β-unsaturated/α-hetero) is 1. The van der Waals surface area contributed by atoms with Crippen LogP contribution in [0.5, 0.6) is 0 Å². The molecular formula is C13H20N2O2. The van der Waals surface area contributed by atoms with Crippen LogP contribution < -0.4 is 4.90 Å². The van der Waals surface area contributed by atoms with Crippen molar-refractivity contribution < 1.29 is 9.53 Å². The number of nitrogens with zero attached hydrogens (tertiary/aromatic N) is 2. The zero-order valence-electron chi connectivity index (χ0n) is 10.9. The van der Waals surface area contributed by atoms with Crippen molar-refractivity contribution in [2.45, 2.75) is 26.8 Å². The first-order valence-electron chi connectivity index (χ1n) is 5.83. The van der Waals surface area contributed by atoms with E-state index in [1.54, 1.807) is 26.3 Å². The van der Waals surface area contributed by atoms with Crippen molar-refractivity contribution in [1.29, 1.82) is 0 Å². The Morgan fingerprint density at radius 1 is 1.59 bits per heavy atom. The molecule has 0 aliphatic carbocycles. The summed E-state index contributed by atoms with van der Waals surface area (Å²) < 4.78 is 5.15. The van der Waals surface area contributed by atoms with Crippen LogP contribution in [-0.2, 0) is 4.74 Å². The number of carbonyl (C=O) groups excluding carboxylic acids is 1. The average Bonchev–Trinajstić information content (AvgIpc) is 2.31. The van der Waals surface area contributed by atoms with Crippen LogP contribution in [0, 0.1) is 0 Å². The molecule has 0 saturated carbocycles. The molecule has 0 amide bonds. The summed E-state index contributed by atoms with van der Waals surface area (Å²) in [4.78, 5) is 18.0. The normalized spacial score (nSPS) is 12.2. The molecule has 0 aliphatic heterocycles. The van der Waals surface area contributed by atoms with Gasteiger partial charge in [-0.15, -0.1) is 0 Å². The summed E-state index contributed by atoms with van der Waals surface area (Å²) in [5, 5.41) is 0. The molecule has 0 N–H and O–H groups in total. The van der Waals surface area contributed by atoms with Crippen LogP contribution in [-0.4, -0.2) is 37.1 Å². The Morgan fingerprint density at radius 2 is 2.29 bits per heavy atom. The highest BCUT2D eigenvalue weighted by atomic mass is 16.5. The Morgan fingerprint density at radius 3 is 2.82 bits per heavy atom. The molecule has 1 aromatic heterocycles. The summed E-state index contributed by atoms with van der Waals surface area (Å²) >= 11 is 0. The summed E-state index contributed by atoms with van der Waals surface area (Å²) in [5.41, 5.74) is 0.664. The number of hydrogen-bond donors (Lipinski definition) is 0. The molecule has 0 aliphatic rings. The van der Waals surface area contributed by atoms with Gasteiger partial charge < -0.3 is 9.64 Å². The fraction of sp³-hybridized carbons (Fsp3) is 0.538. The van der Waals surface area contributed by atoms with Crippen molar-refractivity contribution in [2.24, 2.45) is 0 Å². The number of rotatable bonds is 6. The highest BCUT2D eigenvalue weighted by Crippen LogP contribution is 2.19. The fourth-order valence-electron chi connectivity index (χ4n) is 1.90. The van der Waals surface area contributed by atoms with Gasteiger partial charge in [0, 0.05) is 19.9 Å². The maximum Gasteiger partial charge on any atom is 0.163 e. The molecule has 1 atom stereocenters. The number of methoxy groups -OCH3 is 1. The van der Waals surface area contributed by atoms with Crippen molar-refractivity contribution in [1.82, 2.24) is 4.98 Å². The van der Waals surface area contributed by atoms with Gasteiger partial charge in [0.15, 0.2) is 5.78 Å². The van der Waals surface area contributed by atoms with Gasteiger partial charge in [-0.1, -0.05) is 0 Å². The van der Waals surface area contributed by atoms with Crippen molar-refractivity contribution in [3.05, 3.63) is 23.9 Å². The molecule has 1 unspecified atom stereocenters. The standard InChI is InChI=1S/C13H20N2O2/c1-5-15(10(2)9-17-4)13-12(11(3)16)7-6-8-14-13/h6-8,10H,5,9H2,1-4H3. The van der Waals surface area contributed by atoms with Crippen molar-refractivity contribution in [2.75, 3.05) is 25.2 Å². The molecule has 0 radical (unpaired) electrons. The molecule has 1 rings (SSSR count). The van der Waals surface area contributed by atoms with Crippen LogP contribution in [0.3, 0.4) is 0 Å². The fourth-order valence-corrected chi connectivity index (χ4v) is 1.90. The third-order valence-electron chi connectivity index (χ3n) is 2.72. The van der Waals surface area contributed by atoms with Crippen LogP contribution in [0.15, 0.2) is 18.3 Å². The number of aromatic nitrogens is 1. The van der Waals surface area contributed by atoms with Gasteiger partial charge in [0.25, 0.3) is 0 Å². The summed E-state index contributed by atoms with van der Waals surface area (Å²) in [5.74, 6) is 0.781. The predicted octanol–water partition coefficient (Wildman–Crippen LogP) is 2.15. The van der Waals surface area contributed by atoms with E-state index in [4.69, 9.17) is 4.74 Å². The SMILES string of the molecule is CCN(c1ncccc1C(C)=O)C(C)COC. The number of pyridine rings is 1. The second-order valence-electron chi connectivity index (χ2n) is 4.02. The third kappa shape index (κ3) is 3.27. The molecular weight excluding hydrogens is 216 g/mol. The van der Waals surface area contributed by atoms with E-state index in [-0.39, 0.29) is 11.8 Å². The van der Waals surface area contributed by atoms with Crippen LogP contribution >= 0.6 is 0 Å². The van der Waals surface area contributed by atoms with Crippen molar-refractivity contribution >= 4 is 11.6 Å². The molecule has 0 spiro atoms. The van der Waals surface area contributed by atoms with Gasteiger partial charge in [-0.25, -0.2) is 4.98 Å². The Kier molecular flexibility index (Phi) is 5.10. The minimum Gasteiger partial charge on any atom is -0.383 e. The molecule has 1 heterocycles. The highest BCUT2D eigenvalue weighted by Gasteiger charge is 2.18. The maximum atomic E-state index is 11.6. The quantitative estimate of drug-likeness (QED) is 0.710.